The van der Waals surface area contributed by atoms with Crippen molar-refractivity contribution in [2.75, 3.05) is 12.4 Å². The van der Waals surface area contributed by atoms with Crippen LogP contribution in [0.4, 0.5) is 5.69 Å². The molecule has 1 fully saturated rings. The highest BCUT2D eigenvalue weighted by atomic mass is 35.5. The maximum absolute atomic E-state index is 13.1. The predicted molar refractivity (Wildman–Crippen MR) is 129 cm³/mol. The number of carbonyl (C=O) groups is 1. The standard InChI is InChI=1S/C25H20ClN3O2S/c1-31-17-10-6-13(7-11-17)18-12-19(14-2-3-14)27-25-20(18)21-22(32-25)24(30)29-23(28-21)15-4-8-16(26)9-5-15/h4-12,14,23,28H,2-3H2,1H3,(H,29,30). The molecule has 1 unspecified atom stereocenters. The largest absolute Gasteiger partial charge is 0.497 e. The van der Waals surface area contributed by atoms with E-state index in [1.54, 1.807) is 7.11 Å². The lowest BCUT2D eigenvalue weighted by atomic mass is 9.99. The summed E-state index contributed by atoms with van der Waals surface area (Å²) in [4.78, 5) is 19.6. The highest BCUT2D eigenvalue weighted by Crippen LogP contribution is 2.47. The number of pyridine rings is 1. The molecular formula is C25H20ClN3O2S. The predicted octanol–water partition coefficient (Wildman–Crippen LogP) is 6.36. The molecule has 1 amide bonds. The first-order valence-electron chi connectivity index (χ1n) is 10.6. The van der Waals surface area contributed by atoms with Gasteiger partial charge in [0.1, 0.15) is 21.6 Å². The Balaban J connectivity index is 1.52. The fourth-order valence-corrected chi connectivity index (χ4v) is 5.40. The zero-order valence-electron chi connectivity index (χ0n) is 17.3. The molecule has 0 saturated heterocycles. The first kappa shape index (κ1) is 19.6. The van der Waals surface area contributed by atoms with Gasteiger partial charge in [0.05, 0.1) is 12.8 Å². The van der Waals surface area contributed by atoms with E-state index >= 15 is 0 Å². The van der Waals surface area contributed by atoms with Crippen LogP contribution in [-0.2, 0) is 0 Å². The lowest BCUT2D eigenvalue weighted by molar-refractivity contribution is 0.0940. The second-order valence-corrected chi connectivity index (χ2v) is 9.62. The molecule has 0 bridgehead atoms. The van der Waals surface area contributed by atoms with Crippen LogP contribution >= 0.6 is 22.9 Å². The lowest BCUT2D eigenvalue weighted by Gasteiger charge is -2.26. The number of benzene rings is 2. The molecule has 0 spiro atoms. The number of anilines is 1. The average molecular weight is 462 g/mol. The molecule has 3 heterocycles. The monoisotopic (exact) mass is 461 g/mol. The maximum atomic E-state index is 13.1. The first-order chi connectivity index (χ1) is 15.6. The number of nitrogens with one attached hydrogen (secondary N) is 2. The molecular weight excluding hydrogens is 442 g/mol. The van der Waals surface area contributed by atoms with Crippen LogP contribution < -0.4 is 15.4 Å². The number of nitrogens with zero attached hydrogens (tertiary/aromatic N) is 1. The third kappa shape index (κ3) is 3.31. The maximum Gasteiger partial charge on any atom is 0.265 e. The van der Waals surface area contributed by atoms with Crippen molar-refractivity contribution >= 4 is 44.7 Å². The van der Waals surface area contributed by atoms with Gasteiger partial charge in [0.25, 0.3) is 5.91 Å². The van der Waals surface area contributed by atoms with Crippen LogP contribution in [0.3, 0.4) is 0 Å². The Labute approximate surface area is 194 Å². The van der Waals surface area contributed by atoms with Crippen molar-refractivity contribution in [3.8, 4) is 16.9 Å². The van der Waals surface area contributed by atoms with E-state index in [-0.39, 0.29) is 12.1 Å². The smallest absolute Gasteiger partial charge is 0.265 e. The highest BCUT2D eigenvalue weighted by Gasteiger charge is 2.32. The SMILES string of the molecule is COc1ccc(-c2cc(C3CC3)nc3sc4c(c23)NC(c2ccc(Cl)cc2)NC4=O)cc1. The van der Waals surface area contributed by atoms with Gasteiger partial charge in [0.2, 0.25) is 0 Å². The summed E-state index contributed by atoms with van der Waals surface area (Å²) in [6.45, 7) is 0. The zero-order valence-corrected chi connectivity index (χ0v) is 18.9. The number of carbonyl (C=O) groups excluding carboxylic acids is 1. The Kier molecular flexibility index (Phi) is 4.59. The molecule has 0 radical (unpaired) electrons. The van der Waals surface area contributed by atoms with Crippen molar-refractivity contribution in [3.63, 3.8) is 0 Å². The Hall–Kier alpha value is -3.09. The van der Waals surface area contributed by atoms with Gasteiger partial charge in [-0.2, -0.15) is 0 Å². The summed E-state index contributed by atoms with van der Waals surface area (Å²) >= 11 is 7.51. The fraction of sp³-hybridized carbons (Fsp3) is 0.200. The van der Waals surface area contributed by atoms with E-state index in [0.717, 1.165) is 44.0 Å². The minimum atomic E-state index is -0.336. The molecule has 1 saturated carbocycles. The summed E-state index contributed by atoms with van der Waals surface area (Å²) in [7, 11) is 1.67. The summed E-state index contributed by atoms with van der Waals surface area (Å²) < 4.78 is 5.34. The van der Waals surface area contributed by atoms with E-state index in [1.165, 1.54) is 24.2 Å². The third-order valence-electron chi connectivity index (χ3n) is 6.05. The summed E-state index contributed by atoms with van der Waals surface area (Å²) in [6, 6.07) is 17.8. The van der Waals surface area contributed by atoms with Crippen molar-refractivity contribution in [1.29, 1.82) is 0 Å². The van der Waals surface area contributed by atoms with Gasteiger partial charge in [-0.15, -0.1) is 11.3 Å². The number of ether oxygens (including phenoxy) is 1. The highest BCUT2D eigenvalue weighted by molar-refractivity contribution is 7.21. The van der Waals surface area contributed by atoms with Crippen molar-refractivity contribution in [3.05, 3.63) is 75.8 Å². The molecule has 5 nitrogen and oxygen atoms in total. The Morgan fingerprint density at radius 1 is 1.06 bits per heavy atom. The van der Waals surface area contributed by atoms with Crippen molar-refractivity contribution < 1.29 is 9.53 Å². The van der Waals surface area contributed by atoms with Crippen LogP contribution in [0.1, 0.15) is 45.9 Å². The van der Waals surface area contributed by atoms with Crippen LogP contribution in [0.15, 0.2) is 54.6 Å². The van der Waals surface area contributed by atoms with Crippen molar-refractivity contribution in [1.82, 2.24) is 10.3 Å². The molecule has 1 aliphatic carbocycles. The number of fused-ring (bicyclic) bond motifs is 3. The van der Waals surface area contributed by atoms with Crippen LogP contribution in [0.2, 0.25) is 5.02 Å². The van der Waals surface area contributed by atoms with E-state index in [4.69, 9.17) is 21.3 Å². The van der Waals surface area contributed by atoms with Gasteiger partial charge in [0, 0.05) is 22.0 Å². The molecule has 6 rings (SSSR count). The number of thiophene rings is 1. The van der Waals surface area contributed by atoms with E-state index in [0.29, 0.717) is 15.8 Å². The molecule has 160 valence electrons. The summed E-state index contributed by atoms with van der Waals surface area (Å²) in [6.07, 6.45) is 2.00. The molecule has 7 heteroatoms. The Morgan fingerprint density at radius 3 is 2.50 bits per heavy atom. The quantitative estimate of drug-likeness (QED) is 0.371. The summed E-state index contributed by atoms with van der Waals surface area (Å²) in [5, 5.41) is 8.28. The van der Waals surface area contributed by atoms with Crippen LogP contribution in [0.25, 0.3) is 21.3 Å². The van der Waals surface area contributed by atoms with E-state index < -0.39 is 0 Å². The van der Waals surface area contributed by atoms with Gasteiger partial charge in [-0.05, 0) is 59.9 Å². The summed E-state index contributed by atoms with van der Waals surface area (Å²) in [5.41, 5.74) is 5.07. The Morgan fingerprint density at radius 2 is 1.81 bits per heavy atom. The topological polar surface area (TPSA) is 63.2 Å². The van der Waals surface area contributed by atoms with E-state index in [9.17, 15) is 4.79 Å². The van der Waals surface area contributed by atoms with Crippen LogP contribution in [0, 0.1) is 0 Å². The first-order valence-corrected chi connectivity index (χ1v) is 11.7. The number of hydrogen-bond acceptors (Lipinski definition) is 5. The minimum absolute atomic E-state index is 0.0876. The van der Waals surface area contributed by atoms with Gasteiger partial charge in [-0.1, -0.05) is 35.9 Å². The van der Waals surface area contributed by atoms with Gasteiger partial charge >= 0.3 is 0 Å². The van der Waals surface area contributed by atoms with Crippen molar-refractivity contribution in [2.45, 2.75) is 24.9 Å². The number of amides is 1. The van der Waals surface area contributed by atoms with Gasteiger partial charge in [0.15, 0.2) is 0 Å². The van der Waals surface area contributed by atoms with Crippen LogP contribution in [0.5, 0.6) is 5.75 Å². The second-order valence-electron chi connectivity index (χ2n) is 8.19. The molecule has 1 aliphatic heterocycles. The molecule has 1 atom stereocenters. The third-order valence-corrected chi connectivity index (χ3v) is 7.39. The number of rotatable bonds is 4. The lowest BCUT2D eigenvalue weighted by Crippen LogP contribution is -2.37. The molecule has 2 N–H and O–H groups in total. The minimum Gasteiger partial charge on any atom is -0.497 e. The number of aromatic nitrogens is 1. The average Bonchev–Trinajstić information content (AvgIpc) is 3.60. The second kappa shape index (κ2) is 7.50. The molecule has 2 aromatic carbocycles. The van der Waals surface area contributed by atoms with Gasteiger partial charge in [-0.25, -0.2) is 4.98 Å². The van der Waals surface area contributed by atoms with Gasteiger partial charge in [-0.3, -0.25) is 4.79 Å². The molecule has 2 aromatic heterocycles. The number of methoxy groups -OCH3 is 1. The van der Waals surface area contributed by atoms with Gasteiger partial charge < -0.3 is 15.4 Å². The fourth-order valence-electron chi connectivity index (χ4n) is 4.20. The van der Waals surface area contributed by atoms with E-state index in [2.05, 4.69) is 28.8 Å². The van der Waals surface area contributed by atoms with E-state index in [1.807, 2.05) is 36.4 Å². The Bertz CT molecular complexity index is 1340. The normalized spacial score (nSPS) is 17.6. The molecule has 32 heavy (non-hydrogen) atoms. The zero-order chi connectivity index (χ0) is 21.8. The van der Waals surface area contributed by atoms with Crippen LogP contribution in [-0.4, -0.2) is 18.0 Å². The summed E-state index contributed by atoms with van der Waals surface area (Å²) in [5.74, 6) is 1.24. The van der Waals surface area contributed by atoms with Crippen molar-refractivity contribution in [2.24, 2.45) is 0 Å². The number of hydrogen-bond donors (Lipinski definition) is 2. The molecule has 4 aromatic rings. The number of halogens is 1. The molecule has 2 aliphatic rings.